The summed E-state index contributed by atoms with van der Waals surface area (Å²) in [4.78, 5) is 22.6. The number of carbonyl (C=O) groups excluding carboxylic acids is 1. The molecule has 10 heteroatoms. The molecule has 0 bridgehead atoms. The summed E-state index contributed by atoms with van der Waals surface area (Å²) in [5, 5.41) is 13.5. The zero-order chi connectivity index (χ0) is 19.6. The molecular formula is C17H16ClN3O5S. The summed E-state index contributed by atoms with van der Waals surface area (Å²) in [6.07, 6.45) is 1.45. The van der Waals surface area contributed by atoms with Gasteiger partial charge in [-0.2, -0.15) is 0 Å². The van der Waals surface area contributed by atoms with Gasteiger partial charge in [0.2, 0.25) is 10.0 Å². The topological polar surface area (TPSA) is 110 Å². The number of halogens is 1. The van der Waals surface area contributed by atoms with E-state index in [2.05, 4.69) is 5.32 Å². The Morgan fingerprint density at radius 1 is 1.15 bits per heavy atom. The summed E-state index contributed by atoms with van der Waals surface area (Å²) in [6, 6.07) is 10.2. The van der Waals surface area contributed by atoms with E-state index in [9.17, 15) is 23.3 Å². The first-order valence-electron chi connectivity index (χ1n) is 8.14. The number of anilines is 2. The predicted octanol–water partition coefficient (Wildman–Crippen LogP) is 3.43. The van der Waals surface area contributed by atoms with Gasteiger partial charge in [0.25, 0.3) is 11.6 Å². The highest BCUT2D eigenvalue weighted by atomic mass is 35.5. The average molecular weight is 410 g/mol. The summed E-state index contributed by atoms with van der Waals surface area (Å²) in [5.41, 5.74) is 0.717. The molecule has 3 rings (SSSR count). The normalized spacial score (nSPS) is 16.0. The lowest BCUT2D eigenvalue weighted by Gasteiger charge is -2.28. The van der Waals surface area contributed by atoms with Crippen molar-refractivity contribution < 1.29 is 18.1 Å². The van der Waals surface area contributed by atoms with Crippen molar-refractivity contribution in [2.45, 2.75) is 12.8 Å². The van der Waals surface area contributed by atoms with Gasteiger partial charge < -0.3 is 5.32 Å². The Kier molecular flexibility index (Phi) is 5.33. The number of carbonyl (C=O) groups is 1. The van der Waals surface area contributed by atoms with E-state index in [0.29, 0.717) is 24.3 Å². The molecule has 1 saturated heterocycles. The number of nitrogens with one attached hydrogen (secondary N) is 1. The second kappa shape index (κ2) is 7.53. The van der Waals surface area contributed by atoms with Gasteiger partial charge in [0.05, 0.1) is 16.4 Å². The van der Waals surface area contributed by atoms with Crippen molar-refractivity contribution in [3.05, 3.63) is 63.2 Å². The highest BCUT2D eigenvalue weighted by Gasteiger charge is 2.25. The molecule has 0 atom stereocenters. The van der Waals surface area contributed by atoms with Gasteiger partial charge in [-0.15, -0.1) is 0 Å². The van der Waals surface area contributed by atoms with E-state index in [4.69, 9.17) is 11.6 Å². The van der Waals surface area contributed by atoms with Crippen LogP contribution < -0.4 is 9.62 Å². The standard InChI is InChI=1S/C17H16ClN3O5S/c18-15-8-3-12(11-16(15)21(23)24)17(22)19-13-4-6-14(7-5-13)20-9-1-2-10-27(20,25)26/h3-8,11H,1-2,9-10H2,(H,19,22). The second-order valence-electron chi connectivity index (χ2n) is 6.02. The lowest BCUT2D eigenvalue weighted by atomic mass is 10.2. The van der Waals surface area contributed by atoms with Crippen molar-refractivity contribution in [1.82, 2.24) is 0 Å². The van der Waals surface area contributed by atoms with Gasteiger partial charge in [0, 0.05) is 23.9 Å². The molecule has 0 unspecified atom stereocenters. The Hall–Kier alpha value is -2.65. The van der Waals surface area contributed by atoms with E-state index in [-0.39, 0.29) is 22.0 Å². The molecular weight excluding hydrogens is 394 g/mol. The van der Waals surface area contributed by atoms with E-state index in [1.54, 1.807) is 24.3 Å². The molecule has 0 aliphatic carbocycles. The van der Waals surface area contributed by atoms with E-state index in [0.717, 1.165) is 12.5 Å². The number of amides is 1. The molecule has 1 fully saturated rings. The fraction of sp³-hybridized carbons (Fsp3) is 0.235. The molecule has 2 aromatic rings. The number of nitro groups is 1. The third-order valence-electron chi connectivity index (χ3n) is 4.17. The van der Waals surface area contributed by atoms with Crippen LogP contribution in [-0.4, -0.2) is 31.5 Å². The summed E-state index contributed by atoms with van der Waals surface area (Å²) < 4.78 is 25.6. The van der Waals surface area contributed by atoms with Crippen molar-refractivity contribution in [1.29, 1.82) is 0 Å². The van der Waals surface area contributed by atoms with Gasteiger partial charge in [-0.3, -0.25) is 19.2 Å². The molecule has 1 aliphatic heterocycles. The minimum atomic E-state index is -3.30. The maximum absolute atomic E-state index is 12.3. The van der Waals surface area contributed by atoms with Crippen molar-refractivity contribution >= 4 is 44.6 Å². The summed E-state index contributed by atoms with van der Waals surface area (Å²) in [6.45, 7) is 0.433. The fourth-order valence-corrected chi connectivity index (χ4v) is 4.61. The van der Waals surface area contributed by atoms with Crippen molar-refractivity contribution in [2.24, 2.45) is 0 Å². The number of hydrogen-bond acceptors (Lipinski definition) is 5. The van der Waals surface area contributed by atoms with Gasteiger partial charge in [0.1, 0.15) is 5.02 Å². The Balaban J connectivity index is 1.76. The quantitative estimate of drug-likeness (QED) is 0.614. The lowest BCUT2D eigenvalue weighted by molar-refractivity contribution is -0.384. The van der Waals surface area contributed by atoms with Gasteiger partial charge in [-0.05, 0) is 49.2 Å². The maximum Gasteiger partial charge on any atom is 0.288 e. The number of nitro benzene ring substituents is 1. The molecule has 0 saturated carbocycles. The zero-order valence-corrected chi connectivity index (χ0v) is 15.7. The zero-order valence-electron chi connectivity index (χ0n) is 14.1. The van der Waals surface area contributed by atoms with Crippen LogP contribution in [0.3, 0.4) is 0 Å². The molecule has 0 aromatic heterocycles. The van der Waals surface area contributed by atoms with Crippen molar-refractivity contribution in [3.63, 3.8) is 0 Å². The first kappa shape index (κ1) is 19.1. The minimum Gasteiger partial charge on any atom is -0.322 e. The number of hydrogen-bond donors (Lipinski definition) is 1. The van der Waals surface area contributed by atoms with Crippen LogP contribution in [0.5, 0.6) is 0 Å². The lowest BCUT2D eigenvalue weighted by Crippen LogP contribution is -2.37. The summed E-state index contributed by atoms with van der Waals surface area (Å²) in [5.74, 6) is -0.408. The highest BCUT2D eigenvalue weighted by Crippen LogP contribution is 2.27. The van der Waals surface area contributed by atoms with Gasteiger partial charge in [-0.1, -0.05) is 11.6 Å². The molecule has 8 nitrogen and oxygen atoms in total. The molecule has 142 valence electrons. The Morgan fingerprint density at radius 2 is 1.85 bits per heavy atom. The Labute approximate surface area is 160 Å². The van der Waals surface area contributed by atoms with E-state index < -0.39 is 20.9 Å². The average Bonchev–Trinajstić information content (AvgIpc) is 2.62. The first-order valence-corrected chi connectivity index (χ1v) is 10.1. The van der Waals surface area contributed by atoms with Crippen LogP contribution in [0.4, 0.5) is 17.1 Å². The summed E-state index contributed by atoms with van der Waals surface area (Å²) in [7, 11) is -3.30. The van der Waals surface area contributed by atoms with Crippen LogP contribution in [0.15, 0.2) is 42.5 Å². The smallest absolute Gasteiger partial charge is 0.288 e. The predicted molar refractivity (Wildman–Crippen MR) is 103 cm³/mol. The maximum atomic E-state index is 12.3. The summed E-state index contributed by atoms with van der Waals surface area (Å²) >= 11 is 5.74. The number of nitrogens with zero attached hydrogens (tertiary/aromatic N) is 2. The third-order valence-corrected chi connectivity index (χ3v) is 6.36. The second-order valence-corrected chi connectivity index (χ2v) is 8.44. The number of rotatable bonds is 4. The molecule has 0 spiro atoms. The molecule has 0 radical (unpaired) electrons. The van der Waals surface area contributed by atoms with Crippen LogP contribution in [0.25, 0.3) is 0 Å². The SMILES string of the molecule is O=C(Nc1ccc(N2CCCCS2(=O)=O)cc1)c1ccc(Cl)c([N+](=O)[O-])c1. The first-order chi connectivity index (χ1) is 12.8. The van der Waals surface area contributed by atoms with Crippen molar-refractivity contribution in [2.75, 3.05) is 21.9 Å². The van der Waals surface area contributed by atoms with Gasteiger partial charge >= 0.3 is 0 Å². The monoisotopic (exact) mass is 409 g/mol. The van der Waals surface area contributed by atoms with Crippen LogP contribution in [0.1, 0.15) is 23.2 Å². The highest BCUT2D eigenvalue weighted by molar-refractivity contribution is 7.92. The molecule has 27 heavy (non-hydrogen) atoms. The number of benzene rings is 2. The Bertz CT molecular complexity index is 992. The van der Waals surface area contributed by atoms with Gasteiger partial charge in [0.15, 0.2) is 0 Å². The van der Waals surface area contributed by atoms with Gasteiger partial charge in [-0.25, -0.2) is 8.42 Å². The largest absolute Gasteiger partial charge is 0.322 e. The minimum absolute atomic E-state index is 0.0522. The molecule has 1 heterocycles. The Morgan fingerprint density at radius 3 is 2.48 bits per heavy atom. The van der Waals surface area contributed by atoms with E-state index in [1.165, 1.54) is 16.4 Å². The third kappa shape index (κ3) is 4.20. The van der Waals surface area contributed by atoms with Crippen LogP contribution in [0.2, 0.25) is 5.02 Å². The molecule has 2 aromatic carbocycles. The van der Waals surface area contributed by atoms with Crippen LogP contribution >= 0.6 is 11.6 Å². The van der Waals surface area contributed by atoms with Crippen molar-refractivity contribution in [3.8, 4) is 0 Å². The van der Waals surface area contributed by atoms with Crippen LogP contribution in [-0.2, 0) is 10.0 Å². The van der Waals surface area contributed by atoms with Crippen LogP contribution in [0, 0.1) is 10.1 Å². The van der Waals surface area contributed by atoms with E-state index >= 15 is 0 Å². The number of sulfonamides is 1. The molecule has 1 amide bonds. The van der Waals surface area contributed by atoms with E-state index in [1.807, 2.05) is 0 Å². The fourth-order valence-electron chi connectivity index (χ4n) is 2.79. The molecule has 1 aliphatic rings. The molecule has 1 N–H and O–H groups in total.